The van der Waals surface area contributed by atoms with E-state index in [0.29, 0.717) is 5.69 Å². The quantitative estimate of drug-likeness (QED) is 0.558. The number of nitrogens with one attached hydrogen (secondary N) is 2. The molecule has 2 aliphatic carbocycles. The van der Waals surface area contributed by atoms with Crippen LogP contribution < -0.4 is 15.5 Å². The predicted octanol–water partition coefficient (Wildman–Crippen LogP) is 4.22. The summed E-state index contributed by atoms with van der Waals surface area (Å²) < 4.78 is 5.44. The topological polar surface area (TPSA) is 133 Å². The van der Waals surface area contributed by atoms with Gasteiger partial charge >= 0.3 is 23.8 Å². The Bertz CT molecular complexity index is 1130. The van der Waals surface area contributed by atoms with Gasteiger partial charge in [0.05, 0.1) is 17.8 Å². The molecule has 1 saturated carbocycles. The number of carboxylic acids is 1. The molecule has 1 spiro atoms. The molecular formula is C25H30N6O4. The van der Waals surface area contributed by atoms with Crippen molar-refractivity contribution in [3.8, 4) is 0 Å². The first-order chi connectivity index (χ1) is 17.0. The van der Waals surface area contributed by atoms with Gasteiger partial charge in [0.2, 0.25) is 0 Å². The van der Waals surface area contributed by atoms with Gasteiger partial charge in [0.15, 0.2) is 0 Å². The molecule has 0 atom stereocenters. The van der Waals surface area contributed by atoms with Crippen molar-refractivity contribution in [1.29, 1.82) is 0 Å². The van der Waals surface area contributed by atoms with Crippen molar-refractivity contribution in [3.63, 3.8) is 0 Å². The van der Waals surface area contributed by atoms with Crippen molar-refractivity contribution in [2.45, 2.75) is 51.4 Å². The molecule has 2 fully saturated rings. The number of piperidine rings is 1. The molecule has 1 aliphatic heterocycles. The second kappa shape index (κ2) is 9.89. The number of hydrogen-bond acceptors (Lipinski definition) is 8. The maximum atomic E-state index is 12.5. The SMILES string of the molecule is O=C(Nc1ccc(N2CCCC3(CCC(C(=O)O)CC3)C2)nc1)c1nnc(NC2=CCCC=C2)o1. The van der Waals surface area contributed by atoms with Crippen molar-refractivity contribution in [1.82, 2.24) is 15.2 Å². The third kappa shape index (κ3) is 5.36. The zero-order valence-corrected chi connectivity index (χ0v) is 19.6. The molecule has 0 radical (unpaired) electrons. The lowest BCUT2D eigenvalue weighted by atomic mass is 9.66. The lowest BCUT2D eigenvalue weighted by Crippen LogP contribution is -2.46. The average molecular weight is 479 g/mol. The predicted molar refractivity (Wildman–Crippen MR) is 130 cm³/mol. The van der Waals surface area contributed by atoms with E-state index in [0.717, 1.165) is 76.0 Å². The minimum absolute atomic E-state index is 0.132. The second-order valence-electron chi connectivity index (χ2n) is 9.67. The molecule has 35 heavy (non-hydrogen) atoms. The highest BCUT2D eigenvalue weighted by atomic mass is 16.4. The minimum Gasteiger partial charge on any atom is -0.481 e. The lowest BCUT2D eigenvalue weighted by Gasteiger charge is -2.46. The van der Waals surface area contributed by atoms with Crippen molar-refractivity contribution < 1.29 is 19.1 Å². The van der Waals surface area contributed by atoms with Gasteiger partial charge in [-0.2, -0.15) is 0 Å². The van der Waals surface area contributed by atoms with Crippen molar-refractivity contribution in [2.75, 3.05) is 28.6 Å². The van der Waals surface area contributed by atoms with Crippen molar-refractivity contribution in [3.05, 3.63) is 48.1 Å². The van der Waals surface area contributed by atoms with Crippen LogP contribution >= 0.6 is 0 Å². The Morgan fingerprint density at radius 3 is 2.71 bits per heavy atom. The zero-order valence-electron chi connectivity index (χ0n) is 19.6. The van der Waals surface area contributed by atoms with Crippen LogP contribution in [0.25, 0.3) is 0 Å². The highest BCUT2D eigenvalue weighted by molar-refractivity contribution is 6.00. The van der Waals surface area contributed by atoms with Gasteiger partial charge in [-0.25, -0.2) is 4.98 Å². The first-order valence-corrected chi connectivity index (χ1v) is 12.2. The molecule has 0 bridgehead atoms. The van der Waals surface area contributed by atoms with Gasteiger partial charge in [-0.15, -0.1) is 5.10 Å². The Morgan fingerprint density at radius 1 is 1.14 bits per heavy atom. The van der Waals surface area contributed by atoms with Crippen molar-refractivity contribution in [2.24, 2.45) is 11.3 Å². The van der Waals surface area contributed by atoms with Crippen LogP contribution in [0.4, 0.5) is 17.5 Å². The summed E-state index contributed by atoms with van der Waals surface area (Å²) in [5, 5.41) is 22.8. The molecule has 2 aromatic heterocycles. The van der Waals surface area contributed by atoms with Gasteiger partial charge in [0.1, 0.15) is 5.82 Å². The molecule has 5 rings (SSSR count). The van der Waals surface area contributed by atoms with Crippen LogP contribution in [0.3, 0.4) is 0 Å². The van der Waals surface area contributed by atoms with E-state index in [4.69, 9.17) is 4.42 Å². The van der Waals surface area contributed by atoms with Crippen LogP contribution in [-0.2, 0) is 4.79 Å². The van der Waals surface area contributed by atoms with Gasteiger partial charge in [-0.1, -0.05) is 17.3 Å². The summed E-state index contributed by atoms with van der Waals surface area (Å²) in [4.78, 5) is 30.7. The van der Waals surface area contributed by atoms with Crippen LogP contribution in [0, 0.1) is 11.3 Å². The number of amides is 1. The largest absolute Gasteiger partial charge is 0.481 e. The van der Waals surface area contributed by atoms with Crippen LogP contribution in [-0.4, -0.2) is 45.3 Å². The summed E-state index contributed by atoms with van der Waals surface area (Å²) in [5.74, 6) is -0.643. The number of aromatic nitrogens is 3. The summed E-state index contributed by atoms with van der Waals surface area (Å²) >= 11 is 0. The lowest BCUT2D eigenvalue weighted by molar-refractivity contribution is -0.143. The van der Waals surface area contributed by atoms with E-state index in [1.54, 1.807) is 6.20 Å². The van der Waals surface area contributed by atoms with E-state index in [1.807, 2.05) is 24.3 Å². The number of allylic oxidation sites excluding steroid dienone is 3. The van der Waals surface area contributed by atoms with E-state index >= 15 is 0 Å². The van der Waals surface area contributed by atoms with E-state index < -0.39 is 11.9 Å². The minimum atomic E-state index is -0.668. The Kier molecular flexibility index (Phi) is 6.52. The number of carbonyl (C=O) groups is 2. The van der Waals surface area contributed by atoms with Gasteiger partial charge < -0.3 is 25.1 Å². The summed E-state index contributed by atoms with van der Waals surface area (Å²) in [6.45, 7) is 1.81. The maximum Gasteiger partial charge on any atom is 0.320 e. The number of anilines is 3. The van der Waals surface area contributed by atoms with Crippen LogP contribution in [0.5, 0.6) is 0 Å². The van der Waals surface area contributed by atoms with E-state index in [-0.39, 0.29) is 23.2 Å². The fourth-order valence-corrected chi connectivity index (χ4v) is 5.32. The Labute approximate surface area is 203 Å². The highest BCUT2D eigenvalue weighted by Gasteiger charge is 2.40. The Hall–Kier alpha value is -3.69. The number of aliphatic carboxylic acids is 1. The molecule has 3 heterocycles. The zero-order chi connectivity index (χ0) is 24.3. The summed E-state index contributed by atoms with van der Waals surface area (Å²) in [7, 11) is 0. The molecule has 10 nitrogen and oxygen atoms in total. The number of nitrogens with zero attached hydrogens (tertiary/aromatic N) is 4. The Morgan fingerprint density at radius 2 is 2.00 bits per heavy atom. The van der Waals surface area contributed by atoms with Crippen LogP contribution in [0.1, 0.15) is 62.1 Å². The third-order valence-corrected chi connectivity index (χ3v) is 7.25. The van der Waals surface area contributed by atoms with E-state index in [1.165, 1.54) is 0 Å². The van der Waals surface area contributed by atoms with Crippen LogP contribution in [0.2, 0.25) is 0 Å². The standard InChI is InChI=1S/C25H30N6O4/c32-21(22-29-30-24(35-22)28-18-5-2-1-3-6-18)27-19-7-8-20(26-15-19)31-14-4-11-25(16-31)12-9-17(10-13-25)23(33)34/h2,5-8,15,17H,1,3-4,9-14,16H2,(H,27,32)(H,28,30)(H,33,34). The molecule has 184 valence electrons. The normalized spacial score (nSPS) is 24.2. The molecule has 3 aliphatic rings. The van der Waals surface area contributed by atoms with Crippen LogP contribution in [0.15, 0.2) is 46.7 Å². The fourth-order valence-electron chi connectivity index (χ4n) is 5.32. The molecule has 3 N–H and O–H groups in total. The molecule has 2 aromatic rings. The Balaban J connectivity index is 1.17. The summed E-state index contributed by atoms with van der Waals surface area (Å²) in [6, 6.07) is 3.88. The monoisotopic (exact) mass is 478 g/mol. The maximum absolute atomic E-state index is 12.5. The number of carboxylic acid groups (broad SMARTS) is 1. The second-order valence-corrected chi connectivity index (χ2v) is 9.67. The molecule has 10 heteroatoms. The third-order valence-electron chi connectivity index (χ3n) is 7.25. The summed E-state index contributed by atoms with van der Waals surface area (Å²) in [6.07, 6.45) is 15.2. The van der Waals surface area contributed by atoms with E-state index in [9.17, 15) is 14.7 Å². The van der Waals surface area contributed by atoms with Crippen molar-refractivity contribution >= 4 is 29.4 Å². The molecular weight excluding hydrogens is 448 g/mol. The molecule has 1 saturated heterocycles. The van der Waals surface area contributed by atoms with Gasteiger partial charge in [0.25, 0.3) is 0 Å². The van der Waals surface area contributed by atoms with E-state index in [2.05, 4.69) is 36.8 Å². The number of rotatable bonds is 6. The highest BCUT2D eigenvalue weighted by Crippen LogP contribution is 2.45. The van der Waals surface area contributed by atoms with Gasteiger partial charge in [-0.05, 0) is 75.0 Å². The number of hydrogen-bond donors (Lipinski definition) is 3. The smallest absolute Gasteiger partial charge is 0.320 e. The fraction of sp³-hybridized carbons (Fsp3) is 0.480. The first-order valence-electron chi connectivity index (χ1n) is 12.2. The molecule has 1 amide bonds. The number of carbonyl (C=O) groups excluding carboxylic acids is 1. The molecule has 0 unspecified atom stereocenters. The summed E-state index contributed by atoms with van der Waals surface area (Å²) in [5.41, 5.74) is 1.57. The first kappa shape index (κ1) is 23.1. The average Bonchev–Trinajstić information content (AvgIpc) is 3.34. The van der Waals surface area contributed by atoms with Gasteiger partial charge in [0, 0.05) is 18.8 Å². The van der Waals surface area contributed by atoms with Gasteiger partial charge in [-0.3, -0.25) is 9.59 Å². The number of pyridine rings is 1. The molecule has 0 aromatic carbocycles.